The zero-order valence-electron chi connectivity index (χ0n) is 13.5. The highest BCUT2D eigenvalue weighted by molar-refractivity contribution is 5.89. The summed E-state index contributed by atoms with van der Waals surface area (Å²) in [4.78, 5) is 28.2. The number of morpholine rings is 1. The quantitative estimate of drug-likeness (QED) is 0.556. The summed E-state index contributed by atoms with van der Waals surface area (Å²) < 4.78 is 5.32. The molecule has 2 aliphatic rings. The Morgan fingerprint density at radius 3 is 2.77 bits per heavy atom. The van der Waals surface area contributed by atoms with Crippen LogP contribution in [0.3, 0.4) is 0 Å². The number of carbonyl (C=O) groups is 2. The normalized spacial score (nSPS) is 23.0. The Kier molecular flexibility index (Phi) is 7.08. The van der Waals surface area contributed by atoms with Gasteiger partial charge in [-0.15, -0.1) is 0 Å². The number of nitrogens with zero attached hydrogens (tertiary/aromatic N) is 2. The van der Waals surface area contributed by atoms with Crippen molar-refractivity contribution in [3.63, 3.8) is 0 Å². The fourth-order valence-electron chi connectivity index (χ4n) is 2.87. The van der Waals surface area contributed by atoms with Gasteiger partial charge in [-0.2, -0.15) is 0 Å². The van der Waals surface area contributed by atoms with Crippen LogP contribution >= 0.6 is 0 Å². The van der Waals surface area contributed by atoms with Crippen molar-refractivity contribution in [3.8, 4) is 0 Å². The highest BCUT2D eigenvalue weighted by Gasteiger charge is 2.34. The van der Waals surface area contributed by atoms with E-state index >= 15 is 0 Å². The fourth-order valence-corrected chi connectivity index (χ4v) is 2.87. The van der Waals surface area contributed by atoms with E-state index in [0.717, 1.165) is 45.8 Å². The van der Waals surface area contributed by atoms with Crippen LogP contribution in [0, 0.1) is 5.92 Å². The molecule has 22 heavy (non-hydrogen) atoms. The number of nitrogens with one attached hydrogen (secondary N) is 2. The highest BCUT2D eigenvalue weighted by Crippen LogP contribution is 2.17. The van der Waals surface area contributed by atoms with Crippen molar-refractivity contribution in [2.45, 2.75) is 12.8 Å². The maximum Gasteiger partial charge on any atom is 0.225 e. The van der Waals surface area contributed by atoms with Gasteiger partial charge in [-0.1, -0.05) is 0 Å². The zero-order chi connectivity index (χ0) is 15.8. The summed E-state index contributed by atoms with van der Waals surface area (Å²) in [6.07, 6.45) is 1.25. The van der Waals surface area contributed by atoms with Crippen molar-refractivity contribution < 1.29 is 14.3 Å². The van der Waals surface area contributed by atoms with Gasteiger partial charge in [0.1, 0.15) is 0 Å². The van der Waals surface area contributed by atoms with Crippen molar-refractivity contribution in [1.82, 2.24) is 20.4 Å². The van der Waals surface area contributed by atoms with Crippen LogP contribution in [0.15, 0.2) is 0 Å². The molecule has 126 valence electrons. The first-order valence-corrected chi connectivity index (χ1v) is 8.21. The van der Waals surface area contributed by atoms with E-state index in [2.05, 4.69) is 15.5 Å². The van der Waals surface area contributed by atoms with Gasteiger partial charge in [0.05, 0.1) is 19.1 Å². The summed E-state index contributed by atoms with van der Waals surface area (Å²) in [6, 6.07) is 0. The predicted octanol–water partition coefficient (Wildman–Crippen LogP) is -1.11. The SMILES string of the molecule is CNCCCNC(=O)C1CC(=O)N(CCN2CCOCC2)C1. The minimum absolute atomic E-state index is 0.0123. The Morgan fingerprint density at radius 1 is 1.27 bits per heavy atom. The number of hydrogen-bond donors (Lipinski definition) is 2. The molecule has 7 heteroatoms. The summed E-state index contributed by atoms with van der Waals surface area (Å²) in [5.74, 6) is -0.0752. The second-order valence-corrected chi connectivity index (χ2v) is 5.94. The Hall–Kier alpha value is -1.18. The average molecular weight is 312 g/mol. The molecule has 0 saturated carbocycles. The molecule has 2 N–H and O–H groups in total. The number of amides is 2. The molecule has 0 aromatic carbocycles. The summed E-state index contributed by atoms with van der Waals surface area (Å²) in [5.41, 5.74) is 0. The van der Waals surface area contributed by atoms with Gasteiger partial charge in [0, 0.05) is 45.7 Å². The van der Waals surface area contributed by atoms with Crippen LogP contribution in [0.25, 0.3) is 0 Å². The van der Waals surface area contributed by atoms with E-state index < -0.39 is 0 Å². The first kappa shape index (κ1) is 17.2. The first-order valence-electron chi connectivity index (χ1n) is 8.21. The molecular weight excluding hydrogens is 284 g/mol. The Labute approximate surface area is 132 Å². The molecule has 2 aliphatic heterocycles. The lowest BCUT2D eigenvalue weighted by Gasteiger charge is -2.28. The molecule has 0 aromatic rings. The molecule has 2 heterocycles. The van der Waals surface area contributed by atoms with Crippen molar-refractivity contribution in [2.75, 3.05) is 66.1 Å². The van der Waals surface area contributed by atoms with E-state index in [4.69, 9.17) is 4.74 Å². The lowest BCUT2D eigenvalue weighted by molar-refractivity contribution is -0.129. The smallest absolute Gasteiger partial charge is 0.225 e. The molecule has 1 atom stereocenters. The molecule has 2 saturated heterocycles. The van der Waals surface area contributed by atoms with Gasteiger partial charge in [0.15, 0.2) is 0 Å². The Bertz CT molecular complexity index is 372. The predicted molar refractivity (Wildman–Crippen MR) is 83.5 cm³/mol. The molecule has 2 fully saturated rings. The van der Waals surface area contributed by atoms with Crippen molar-refractivity contribution in [2.24, 2.45) is 5.92 Å². The maximum atomic E-state index is 12.1. The van der Waals surface area contributed by atoms with Crippen LogP contribution in [0.4, 0.5) is 0 Å². The number of carbonyl (C=O) groups excluding carboxylic acids is 2. The van der Waals surface area contributed by atoms with Crippen molar-refractivity contribution >= 4 is 11.8 Å². The molecule has 0 radical (unpaired) electrons. The summed E-state index contributed by atoms with van der Waals surface area (Å²) in [5, 5.41) is 5.97. The number of rotatable bonds is 8. The third-order valence-corrected chi connectivity index (χ3v) is 4.28. The van der Waals surface area contributed by atoms with Gasteiger partial charge in [-0.25, -0.2) is 0 Å². The van der Waals surface area contributed by atoms with Crippen LogP contribution in [-0.2, 0) is 14.3 Å². The second-order valence-electron chi connectivity index (χ2n) is 5.94. The molecule has 2 rings (SSSR count). The molecule has 0 aliphatic carbocycles. The number of likely N-dealkylation sites (tertiary alicyclic amines) is 1. The van der Waals surface area contributed by atoms with E-state index in [-0.39, 0.29) is 17.7 Å². The van der Waals surface area contributed by atoms with E-state index in [1.165, 1.54) is 0 Å². The van der Waals surface area contributed by atoms with Crippen molar-refractivity contribution in [1.29, 1.82) is 0 Å². The van der Waals surface area contributed by atoms with E-state index in [0.29, 0.717) is 26.1 Å². The van der Waals surface area contributed by atoms with Crippen LogP contribution in [-0.4, -0.2) is 87.7 Å². The van der Waals surface area contributed by atoms with Gasteiger partial charge >= 0.3 is 0 Å². The maximum absolute atomic E-state index is 12.1. The third kappa shape index (κ3) is 5.23. The largest absolute Gasteiger partial charge is 0.379 e. The standard InChI is InChI=1S/C15H28N4O3/c1-16-3-2-4-17-15(21)13-11-14(20)19(12-13)6-5-18-7-9-22-10-8-18/h13,16H,2-12H2,1H3,(H,17,21). The number of hydrogen-bond acceptors (Lipinski definition) is 5. The first-order chi connectivity index (χ1) is 10.7. The van der Waals surface area contributed by atoms with Gasteiger partial charge < -0.3 is 20.3 Å². The third-order valence-electron chi connectivity index (χ3n) is 4.28. The van der Waals surface area contributed by atoms with Crippen molar-refractivity contribution in [3.05, 3.63) is 0 Å². The molecular formula is C15H28N4O3. The summed E-state index contributed by atoms with van der Waals surface area (Å²) in [7, 11) is 1.89. The zero-order valence-corrected chi connectivity index (χ0v) is 13.5. The second kappa shape index (κ2) is 9.07. The van der Waals surface area contributed by atoms with E-state index in [1.807, 2.05) is 11.9 Å². The Morgan fingerprint density at radius 2 is 2.05 bits per heavy atom. The molecule has 0 spiro atoms. The minimum Gasteiger partial charge on any atom is -0.379 e. The van der Waals surface area contributed by atoms with Gasteiger partial charge in [-0.3, -0.25) is 14.5 Å². The van der Waals surface area contributed by atoms with Gasteiger partial charge in [0.25, 0.3) is 0 Å². The van der Waals surface area contributed by atoms with Crippen LogP contribution < -0.4 is 10.6 Å². The Balaban J connectivity index is 1.67. The molecule has 1 unspecified atom stereocenters. The topological polar surface area (TPSA) is 73.9 Å². The molecule has 2 amide bonds. The summed E-state index contributed by atoms with van der Waals surface area (Å²) >= 11 is 0. The van der Waals surface area contributed by atoms with Crippen LogP contribution in [0.2, 0.25) is 0 Å². The monoisotopic (exact) mass is 312 g/mol. The van der Waals surface area contributed by atoms with Gasteiger partial charge in [0.2, 0.25) is 11.8 Å². The van der Waals surface area contributed by atoms with E-state index in [1.54, 1.807) is 0 Å². The molecule has 0 aromatic heterocycles. The van der Waals surface area contributed by atoms with Crippen LogP contribution in [0.1, 0.15) is 12.8 Å². The molecule has 0 bridgehead atoms. The van der Waals surface area contributed by atoms with Crippen LogP contribution in [0.5, 0.6) is 0 Å². The highest BCUT2D eigenvalue weighted by atomic mass is 16.5. The van der Waals surface area contributed by atoms with Gasteiger partial charge in [-0.05, 0) is 20.0 Å². The number of ether oxygens (including phenoxy) is 1. The van der Waals surface area contributed by atoms with E-state index in [9.17, 15) is 9.59 Å². The summed E-state index contributed by atoms with van der Waals surface area (Å²) in [6.45, 7) is 7.08. The lowest BCUT2D eigenvalue weighted by atomic mass is 10.1. The average Bonchev–Trinajstić information content (AvgIpc) is 2.91. The lowest BCUT2D eigenvalue weighted by Crippen LogP contribution is -2.42. The minimum atomic E-state index is -0.188. The fraction of sp³-hybridized carbons (Fsp3) is 0.867. The molecule has 7 nitrogen and oxygen atoms in total.